The van der Waals surface area contributed by atoms with Crippen LogP contribution in [-0.2, 0) is 20.9 Å². The minimum atomic E-state index is -0.466. The first-order chi connectivity index (χ1) is 13.8. The van der Waals surface area contributed by atoms with Crippen LogP contribution in [0.3, 0.4) is 0 Å². The van der Waals surface area contributed by atoms with Crippen LogP contribution in [0.1, 0.15) is 36.8 Å². The molecule has 3 rings (SSSR count). The maximum Gasteiger partial charge on any atom is 0.223 e. The molecule has 2 N–H and O–H groups in total. The van der Waals surface area contributed by atoms with Gasteiger partial charge in [-0.2, -0.15) is 0 Å². The van der Waals surface area contributed by atoms with Gasteiger partial charge in [0.05, 0.1) is 11.6 Å². The zero-order chi connectivity index (χ0) is 21.0. The molecule has 156 valence electrons. The largest absolute Gasteiger partial charge is 0.376 e. The van der Waals surface area contributed by atoms with Gasteiger partial charge in [-0.25, -0.2) is 4.98 Å². The average molecular weight is 399 g/mol. The van der Waals surface area contributed by atoms with E-state index in [4.69, 9.17) is 15.5 Å². The van der Waals surface area contributed by atoms with E-state index in [-0.39, 0.29) is 24.9 Å². The maximum atomic E-state index is 12.9. The molecule has 7 nitrogen and oxygen atoms in total. The molecule has 0 saturated carbocycles. The van der Waals surface area contributed by atoms with E-state index >= 15 is 0 Å². The molecule has 0 unspecified atom stereocenters. The van der Waals surface area contributed by atoms with Crippen LogP contribution in [0.5, 0.6) is 0 Å². The summed E-state index contributed by atoms with van der Waals surface area (Å²) in [5.74, 6) is 0.285. The number of aromatic nitrogens is 1. The van der Waals surface area contributed by atoms with Gasteiger partial charge >= 0.3 is 0 Å². The van der Waals surface area contributed by atoms with Crippen LogP contribution in [0.25, 0.3) is 10.9 Å². The molecule has 0 spiro atoms. The predicted octanol–water partition coefficient (Wildman–Crippen LogP) is 2.38. The number of nitrogens with zero attached hydrogens (tertiary/aromatic N) is 3. The fraction of sp³-hybridized carbons (Fsp3) is 0.500. The van der Waals surface area contributed by atoms with E-state index in [0.717, 1.165) is 47.3 Å². The summed E-state index contributed by atoms with van der Waals surface area (Å²) in [4.78, 5) is 32.7. The number of amides is 2. The summed E-state index contributed by atoms with van der Waals surface area (Å²) in [5.41, 5.74) is 8.30. The fourth-order valence-corrected chi connectivity index (χ4v) is 3.77. The Bertz CT molecular complexity index is 891. The first-order valence-electron chi connectivity index (χ1n) is 10.1. The summed E-state index contributed by atoms with van der Waals surface area (Å²) in [6, 6.07) is 8.21. The number of pyridine rings is 1. The maximum absolute atomic E-state index is 12.9. The van der Waals surface area contributed by atoms with Crippen LogP contribution >= 0.6 is 0 Å². The van der Waals surface area contributed by atoms with Crippen molar-refractivity contribution in [2.24, 2.45) is 5.73 Å². The van der Waals surface area contributed by atoms with E-state index in [2.05, 4.69) is 6.07 Å². The second kappa shape index (κ2) is 9.22. The lowest BCUT2D eigenvalue weighted by Crippen LogP contribution is -2.37. The molecule has 2 aromatic rings. The highest BCUT2D eigenvalue weighted by molar-refractivity contribution is 5.85. The van der Waals surface area contributed by atoms with E-state index in [1.54, 1.807) is 4.90 Å². The van der Waals surface area contributed by atoms with Gasteiger partial charge in [0.1, 0.15) is 5.82 Å². The van der Waals surface area contributed by atoms with Gasteiger partial charge in [-0.1, -0.05) is 18.2 Å². The number of nitrogens with two attached hydrogens (primary N) is 1. The minimum Gasteiger partial charge on any atom is -0.376 e. The molecule has 7 heteroatoms. The van der Waals surface area contributed by atoms with Gasteiger partial charge in [-0.3, -0.25) is 9.59 Å². The number of fused-ring (bicyclic) bond motifs is 1. The molecule has 1 atom stereocenters. The number of carbonyl (C=O) groups is 2. The number of ether oxygens (including phenoxy) is 1. The van der Waals surface area contributed by atoms with Crippen LogP contribution in [0, 0.1) is 6.92 Å². The summed E-state index contributed by atoms with van der Waals surface area (Å²) in [5, 5.41) is 1.05. The molecule has 1 aliphatic rings. The van der Waals surface area contributed by atoms with Crippen molar-refractivity contribution >= 4 is 28.5 Å². The Morgan fingerprint density at radius 1 is 1.28 bits per heavy atom. The molecule has 29 heavy (non-hydrogen) atoms. The van der Waals surface area contributed by atoms with Crippen LogP contribution < -0.4 is 10.6 Å². The molecule has 2 heterocycles. The quantitative estimate of drug-likeness (QED) is 0.737. The van der Waals surface area contributed by atoms with Gasteiger partial charge in [0.25, 0.3) is 0 Å². The summed E-state index contributed by atoms with van der Waals surface area (Å²) in [6.45, 7) is 3.71. The predicted molar refractivity (Wildman–Crippen MR) is 114 cm³/mol. The Hall–Kier alpha value is -2.67. The number of benzene rings is 1. The van der Waals surface area contributed by atoms with Crippen molar-refractivity contribution in [3.8, 4) is 0 Å². The Balaban J connectivity index is 1.92. The van der Waals surface area contributed by atoms with Crippen molar-refractivity contribution < 1.29 is 14.3 Å². The molecular weight excluding hydrogens is 368 g/mol. The Labute approximate surface area is 171 Å². The molecule has 1 fully saturated rings. The molecule has 1 aromatic carbocycles. The topological polar surface area (TPSA) is 88.8 Å². The summed E-state index contributed by atoms with van der Waals surface area (Å²) < 4.78 is 5.75. The number of anilines is 1. The number of primary amides is 1. The van der Waals surface area contributed by atoms with Gasteiger partial charge in [-0.15, -0.1) is 0 Å². The Morgan fingerprint density at radius 2 is 2.07 bits per heavy atom. The molecule has 1 aliphatic heterocycles. The van der Waals surface area contributed by atoms with E-state index < -0.39 is 5.91 Å². The van der Waals surface area contributed by atoms with Crippen LogP contribution in [0.4, 0.5) is 5.82 Å². The smallest absolute Gasteiger partial charge is 0.223 e. The Kier molecular flexibility index (Phi) is 6.69. The van der Waals surface area contributed by atoms with E-state index in [1.165, 1.54) is 0 Å². The van der Waals surface area contributed by atoms with E-state index in [1.807, 2.05) is 44.1 Å². The molecular formula is C22H30N4O3. The van der Waals surface area contributed by atoms with E-state index in [0.29, 0.717) is 13.1 Å². The van der Waals surface area contributed by atoms with Crippen molar-refractivity contribution in [2.75, 3.05) is 32.1 Å². The molecule has 0 bridgehead atoms. The second-order valence-corrected chi connectivity index (χ2v) is 7.89. The van der Waals surface area contributed by atoms with Crippen molar-refractivity contribution in [3.05, 3.63) is 35.4 Å². The number of carbonyl (C=O) groups excluding carboxylic acids is 2. The standard InChI is InChI=1S/C22H30N4O3/c1-15-6-4-7-16-12-17(22(25(2)3)24-21(15)16)13-26(14-18-8-5-11-29-18)20(28)10-9-19(23)27/h4,6-7,12,18H,5,8-11,13-14H2,1-3H3,(H2,23,27)/t18-/m0/s1. The lowest BCUT2D eigenvalue weighted by atomic mass is 10.1. The molecule has 2 amide bonds. The third-order valence-electron chi connectivity index (χ3n) is 5.27. The van der Waals surface area contributed by atoms with Crippen molar-refractivity contribution in [1.29, 1.82) is 0 Å². The molecule has 1 aromatic heterocycles. The molecule has 0 aliphatic carbocycles. The lowest BCUT2D eigenvalue weighted by Gasteiger charge is -2.27. The van der Waals surface area contributed by atoms with E-state index in [9.17, 15) is 9.59 Å². The van der Waals surface area contributed by atoms with Crippen molar-refractivity contribution in [3.63, 3.8) is 0 Å². The highest BCUT2D eigenvalue weighted by atomic mass is 16.5. The third-order valence-corrected chi connectivity index (χ3v) is 5.27. The number of aryl methyl sites for hydroxylation is 1. The van der Waals surface area contributed by atoms with Gasteiger partial charge < -0.3 is 20.3 Å². The number of para-hydroxylation sites is 1. The SMILES string of the molecule is Cc1cccc2cc(CN(C[C@@H]3CCCO3)C(=O)CCC(N)=O)c(N(C)C)nc12. The van der Waals surface area contributed by atoms with Crippen LogP contribution in [0.15, 0.2) is 24.3 Å². The highest BCUT2D eigenvalue weighted by Crippen LogP contribution is 2.26. The minimum absolute atomic E-state index is 0.0333. The monoisotopic (exact) mass is 398 g/mol. The normalized spacial score (nSPS) is 16.2. The van der Waals surface area contributed by atoms with Crippen molar-refractivity contribution in [1.82, 2.24) is 9.88 Å². The molecule has 1 saturated heterocycles. The number of hydrogen-bond donors (Lipinski definition) is 1. The summed E-state index contributed by atoms with van der Waals surface area (Å²) in [6.07, 6.45) is 2.14. The lowest BCUT2D eigenvalue weighted by molar-refractivity contribution is -0.135. The zero-order valence-corrected chi connectivity index (χ0v) is 17.5. The zero-order valence-electron chi connectivity index (χ0n) is 17.5. The molecule has 0 radical (unpaired) electrons. The Morgan fingerprint density at radius 3 is 2.72 bits per heavy atom. The van der Waals surface area contributed by atoms with Crippen molar-refractivity contribution in [2.45, 2.75) is 45.3 Å². The summed E-state index contributed by atoms with van der Waals surface area (Å²) in [7, 11) is 3.91. The van der Waals surface area contributed by atoms with Gasteiger partial charge in [-0.05, 0) is 31.4 Å². The summed E-state index contributed by atoms with van der Waals surface area (Å²) >= 11 is 0. The van der Waals surface area contributed by atoms with Crippen LogP contribution in [0.2, 0.25) is 0 Å². The van der Waals surface area contributed by atoms with Gasteiger partial charge in [0, 0.05) is 57.6 Å². The number of hydrogen-bond acceptors (Lipinski definition) is 5. The average Bonchev–Trinajstić information content (AvgIpc) is 3.18. The van der Waals surface area contributed by atoms with Gasteiger partial charge in [0.15, 0.2) is 0 Å². The number of rotatable bonds is 8. The fourth-order valence-electron chi connectivity index (χ4n) is 3.77. The first kappa shape index (κ1) is 21.0. The first-order valence-corrected chi connectivity index (χ1v) is 10.1. The van der Waals surface area contributed by atoms with Crippen LogP contribution in [-0.4, -0.2) is 55.0 Å². The third kappa shape index (κ3) is 5.23. The second-order valence-electron chi connectivity index (χ2n) is 7.89. The van der Waals surface area contributed by atoms with Gasteiger partial charge in [0.2, 0.25) is 11.8 Å². The highest BCUT2D eigenvalue weighted by Gasteiger charge is 2.24.